The van der Waals surface area contributed by atoms with Crippen molar-refractivity contribution in [1.82, 2.24) is 0 Å². The van der Waals surface area contributed by atoms with Crippen LogP contribution in [0, 0.1) is 0 Å². The van der Waals surface area contributed by atoms with E-state index in [1.165, 1.54) is 11.6 Å². The van der Waals surface area contributed by atoms with Crippen LogP contribution in [0.1, 0.15) is 47.8 Å². The Morgan fingerprint density at radius 3 is 2.20 bits per heavy atom. The topological polar surface area (TPSA) is 46.2 Å². The van der Waals surface area contributed by atoms with Crippen molar-refractivity contribution in [2.45, 2.75) is 26.2 Å². The van der Waals surface area contributed by atoms with Gasteiger partial charge in [0.2, 0.25) is 5.91 Å². The fraction of sp³-hybridized carbons (Fsp3) is 0.154. The van der Waals surface area contributed by atoms with Gasteiger partial charge < -0.3 is 5.32 Å². The number of carbonyl (C=O) groups excluding carboxylic acids is 2. The van der Waals surface area contributed by atoms with Crippen LogP contribution in [0.2, 0.25) is 5.02 Å². The van der Waals surface area contributed by atoms with Crippen molar-refractivity contribution in [2.75, 3.05) is 5.32 Å². The number of rotatable bonds is 5. The van der Waals surface area contributed by atoms with Gasteiger partial charge >= 0.3 is 0 Å². The minimum Gasteiger partial charge on any atom is -0.322 e. The summed E-state index contributed by atoms with van der Waals surface area (Å²) in [5.74, 6) is -0.519. The molecule has 0 radical (unpaired) electrons. The van der Waals surface area contributed by atoms with E-state index in [2.05, 4.69) is 38.2 Å². The van der Waals surface area contributed by atoms with Gasteiger partial charge in [0.15, 0.2) is 5.78 Å². The van der Waals surface area contributed by atoms with Gasteiger partial charge in [0.05, 0.1) is 5.69 Å². The van der Waals surface area contributed by atoms with Crippen molar-refractivity contribution in [2.24, 2.45) is 0 Å². The van der Waals surface area contributed by atoms with Gasteiger partial charge in [0.1, 0.15) is 0 Å². The van der Waals surface area contributed by atoms with Gasteiger partial charge in [-0.2, -0.15) is 0 Å². The molecule has 0 aromatic heterocycles. The largest absolute Gasteiger partial charge is 0.322 e. The summed E-state index contributed by atoms with van der Waals surface area (Å²) in [7, 11) is 0. The standard InChI is InChI=1S/C26H24ClNO2/c1-26(2,3)20-12-9-18(10-13-20)11-16-24(29)28-23-15-14-21(27)17-22(23)25(30)19-7-5-4-6-8-19/h4-17H,1-3H3,(H,28,29)/b16-11+. The molecule has 0 fully saturated rings. The molecule has 0 aliphatic rings. The minimum absolute atomic E-state index is 0.0793. The summed E-state index contributed by atoms with van der Waals surface area (Å²) in [6.07, 6.45) is 3.20. The van der Waals surface area contributed by atoms with E-state index in [4.69, 9.17) is 11.6 Å². The second kappa shape index (κ2) is 9.10. The third-order valence-corrected chi connectivity index (χ3v) is 4.96. The van der Waals surface area contributed by atoms with Gasteiger partial charge in [0, 0.05) is 22.2 Å². The summed E-state index contributed by atoms with van der Waals surface area (Å²) in [5.41, 5.74) is 3.54. The number of anilines is 1. The fourth-order valence-corrected chi connectivity index (χ4v) is 3.17. The molecule has 4 heteroatoms. The van der Waals surface area contributed by atoms with Crippen molar-refractivity contribution in [3.63, 3.8) is 0 Å². The first kappa shape index (κ1) is 21.5. The zero-order valence-electron chi connectivity index (χ0n) is 17.3. The quantitative estimate of drug-likeness (QED) is 0.379. The minimum atomic E-state index is -0.320. The molecule has 3 aromatic carbocycles. The number of hydrogen-bond acceptors (Lipinski definition) is 2. The molecule has 0 atom stereocenters. The number of nitrogens with one attached hydrogen (secondary N) is 1. The van der Waals surface area contributed by atoms with Gasteiger partial charge in [-0.1, -0.05) is 87.0 Å². The predicted molar refractivity (Wildman–Crippen MR) is 124 cm³/mol. The Morgan fingerprint density at radius 1 is 0.900 bits per heavy atom. The van der Waals surface area contributed by atoms with Crippen LogP contribution in [-0.4, -0.2) is 11.7 Å². The number of halogens is 1. The summed E-state index contributed by atoms with van der Waals surface area (Å²) in [4.78, 5) is 25.3. The van der Waals surface area contributed by atoms with Crippen molar-refractivity contribution in [3.05, 3.63) is 106 Å². The van der Waals surface area contributed by atoms with Crippen LogP contribution in [0.4, 0.5) is 5.69 Å². The molecule has 0 saturated heterocycles. The van der Waals surface area contributed by atoms with Crippen LogP contribution in [0.15, 0.2) is 78.9 Å². The van der Waals surface area contributed by atoms with Crippen molar-refractivity contribution < 1.29 is 9.59 Å². The SMILES string of the molecule is CC(C)(C)c1ccc(/C=C/C(=O)Nc2ccc(Cl)cc2C(=O)c2ccccc2)cc1. The Bertz CT molecular complexity index is 1080. The molecule has 0 aliphatic carbocycles. The fourth-order valence-electron chi connectivity index (χ4n) is 3.00. The first-order chi connectivity index (χ1) is 14.2. The van der Waals surface area contributed by atoms with Crippen LogP contribution in [0.3, 0.4) is 0 Å². The average Bonchev–Trinajstić information content (AvgIpc) is 2.73. The van der Waals surface area contributed by atoms with E-state index < -0.39 is 0 Å². The van der Waals surface area contributed by atoms with E-state index in [1.807, 2.05) is 18.2 Å². The van der Waals surface area contributed by atoms with Crippen LogP contribution >= 0.6 is 11.6 Å². The molecular formula is C26H24ClNO2. The highest BCUT2D eigenvalue weighted by atomic mass is 35.5. The summed E-state index contributed by atoms with van der Waals surface area (Å²) in [5, 5.41) is 3.22. The highest BCUT2D eigenvalue weighted by Gasteiger charge is 2.15. The van der Waals surface area contributed by atoms with Gasteiger partial charge in [-0.3, -0.25) is 9.59 Å². The lowest BCUT2D eigenvalue weighted by Crippen LogP contribution is -2.13. The maximum absolute atomic E-state index is 12.9. The van der Waals surface area contributed by atoms with E-state index in [1.54, 1.807) is 48.5 Å². The summed E-state index contributed by atoms with van der Waals surface area (Å²) < 4.78 is 0. The summed E-state index contributed by atoms with van der Waals surface area (Å²) >= 11 is 6.09. The average molecular weight is 418 g/mol. The maximum atomic E-state index is 12.9. The van der Waals surface area contributed by atoms with E-state index in [0.717, 1.165) is 5.56 Å². The zero-order valence-corrected chi connectivity index (χ0v) is 18.0. The van der Waals surface area contributed by atoms with Crippen molar-refractivity contribution >= 4 is 35.1 Å². The maximum Gasteiger partial charge on any atom is 0.248 e. The molecule has 0 bridgehead atoms. The Morgan fingerprint density at radius 2 is 1.57 bits per heavy atom. The number of carbonyl (C=O) groups is 2. The molecule has 3 aromatic rings. The lowest BCUT2D eigenvalue weighted by molar-refractivity contribution is -0.111. The second-order valence-corrected chi connectivity index (χ2v) is 8.52. The molecule has 152 valence electrons. The van der Waals surface area contributed by atoms with Crippen molar-refractivity contribution in [1.29, 1.82) is 0 Å². The van der Waals surface area contributed by atoms with E-state index in [-0.39, 0.29) is 17.1 Å². The predicted octanol–water partition coefficient (Wildman–Crippen LogP) is 6.52. The Balaban J connectivity index is 1.77. The summed E-state index contributed by atoms with van der Waals surface area (Å²) in [6, 6.07) is 21.8. The molecule has 0 spiro atoms. The molecule has 0 aliphatic heterocycles. The molecule has 3 nitrogen and oxygen atoms in total. The Hall–Kier alpha value is -3.17. The van der Waals surface area contributed by atoms with E-state index in [0.29, 0.717) is 21.8 Å². The molecule has 1 amide bonds. The third-order valence-electron chi connectivity index (χ3n) is 4.72. The lowest BCUT2D eigenvalue weighted by atomic mass is 9.87. The number of benzene rings is 3. The second-order valence-electron chi connectivity index (χ2n) is 8.08. The Labute approximate surface area is 182 Å². The number of ketones is 1. The van der Waals surface area contributed by atoms with E-state index >= 15 is 0 Å². The van der Waals surface area contributed by atoms with Gasteiger partial charge in [-0.25, -0.2) is 0 Å². The van der Waals surface area contributed by atoms with E-state index in [9.17, 15) is 9.59 Å². The molecule has 30 heavy (non-hydrogen) atoms. The van der Waals surface area contributed by atoms with Gasteiger partial charge in [-0.05, 0) is 40.8 Å². The molecule has 3 rings (SSSR count). The van der Waals surface area contributed by atoms with Gasteiger partial charge in [0.25, 0.3) is 0 Å². The molecule has 0 unspecified atom stereocenters. The highest BCUT2D eigenvalue weighted by Crippen LogP contribution is 2.24. The lowest BCUT2D eigenvalue weighted by Gasteiger charge is -2.18. The Kier molecular flexibility index (Phi) is 6.53. The number of amides is 1. The third kappa shape index (κ3) is 5.46. The summed E-state index contributed by atoms with van der Waals surface area (Å²) in [6.45, 7) is 6.48. The zero-order chi connectivity index (χ0) is 21.7. The molecule has 0 saturated carbocycles. The first-order valence-corrected chi connectivity index (χ1v) is 10.1. The normalized spacial score (nSPS) is 11.5. The number of hydrogen-bond donors (Lipinski definition) is 1. The first-order valence-electron chi connectivity index (χ1n) is 9.73. The van der Waals surface area contributed by atoms with Crippen LogP contribution in [0.5, 0.6) is 0 Å². The van der Waals surface area contributed by atoms with Crippen LogP contribution in [0.25, 0.3) is 6.08 Å². The highest BCUT2D eigenvalue weighted by molar-refractivity contribution is 6.31. The van der Waals surface area contributed by atoms with Crippen LogP contribution in [-0.2, 0) is 10.2 Å². The van der Waals surface area contributed by atoms with Crippen molar-refractivity contribution in [3.8, 4) is 0 Å². The molecule has 0 heterocycles. The molecule has 1 N–H and O–H groups in total. The molecular weight excluding hydrogens is 394 g/mol. The smallest absolute Gasteiger partial charge is 0.248 e. The van der Waals surface area contributed by atoms with Gasteiger partial charge in [-0.15, -0.1) is 0 Å². The monoisotopic (exact) mass is 417 g/mol. The van der Waals surface area contributed by atoms with Crippen LogP contribution < -0.4 is 5.32 Å².